The fourth-order valence-electron chi connectivity index (χ4n) is 8.12. The van der Waals surface area contributed by atoms with Gasteiger partial charge in [-0.05, 0) is 12.1 Å². The summed E-state index contributed by atoms with van der Waals surface area (Å²) in [6.07, 6.45) is 1.03. The van der Waals surface area contributed by atoms with E-state index in [0.717, 1.165) is 11.1 Å². The van der Waals surface area contributed by atoms with Gasteiger partial charge in [-0.3, -0.25) is 0 Å². The molecular formula is C41H60N4O14. The normalized spacial score (nSPS) is 24.0. The first-order valence-electron chi connectivity index (χ1n) is 20.0. The van der Waals surface area contributed by atoms with Crippen LogP contribution in [0, 0.1) is 0 Å². The second kappa shape index (κ2) is 16.2. The molecule has 8 N–H and O–H groups in total. The average molecular weight is 833 g/mol. The van der Waals surface area contributed by atoms with Crippen molar-refractivity contribution in [3.05, 3.63) is 35.4 Å². The predicted octanol–water partition coefficient (Wildman–Crippen LogP) is 1.53. The van der Waals surface area contributed by atoms with Gasteiger partial charge in [-0.15, -0.1) is 0 Å². The number of benzene rings is 2. The van der Waals surface area contributed by atoms with Crippen molar-refractivity contribution in [1.82, 2.24) is 0 Å². The van der Waals surface area contributed by atoms with Gasteiger partial charge in [0.05, 0.1) is 101 Å². The summed E-state index contributed by atoms with van der Waals surface area (Å²) in [4.78, 5) is 0. The van der Waals surface area contributed by atoms with E-state index in [-0.39, 0.29) is 40.4 Å². The first-order valence-corrected chi connectivity index (χ1v) is 20.0. The molecule has 18 nitrogen and oxygen atoms in total. The lowest BCUT2D eigenvalue weighted by Crippen LogP contribution is -2.60. The van der Waals surface area contributed by atoms with Crippen molar-refractivity contribution in [2.24, 2.45) is 22.9 Å². The SMILES string of the molecule is CC1(C)CC2(CC(C)(C)c3cc(OCOCC4(N)COC4)c(OCOCC4(N)COC4)cc3O2)Oc2cc(OCOCC3(N)COC3)c(OCOCC3(N)COC3)cc21. The summed E-state index contributed by atoms with van der Waals surface area (Å²) in [5.41, 5.74) is 23.9. The molecule has 2 aromatic rings. The van der Waals surface area contributed by atoms with Crippen LogP contribution >= 0.6 is 0 Å². The minimum absolute atomic E-state index is 0.0466. The summed E-state index contributed by atoms with van der Waals surface area (Å²) in [6, 6.07) is 7.50. The molecule has 59 heavy (non-hydrogen) atoms. The number of hydrogen-bond acceptors (Lipinski definition) is 18. The van der Waals surface area contributed by atoms with Crippen molar-refractivity contribution in [3.8, 4) is 34.5 Å². The Bertz CT molecular complexity index is 1680. The van der Waals surface area contributed by atoms with Crippen molar-refractivity contribution < 1.29 is 66.3 Å². The zero-order valence-corrected chi connectivity index (χ0v) is 34.6. The molecule has 4 fully saturated rings. The van der Waals surface area contributed by atoms with Crippen molar-refractivity contribution in [1.29, 1.82) is 0 Å². The Labute approximate surface area is 344 Å². The lowest BCUT2D eigenvalue weighted by atomic mass is 9.69. The van der Waals surface area contributed by atoms with Crippen molar-refractivity contribution >= 4 is 0 Å². The van der Waals surface area contributed by atoms with Crippen LogP contribution in [0.2, 0.25) is 0 Å². The Hall–Kier alpha value is -3.24. The van der Waals surface area contributed by atoms with Crippen LogP contribution < -0.4 is 51.4 Å². The molecular weight excluding hydrogens is 772 g/mol. The molecule has 0 amide bonds. The van der Waals surface area contributed by atoms with Crippen LogP contribution in [0.25, 0.3) is 0 Å². The van der Waals surface area contributed by atoms with E-state index in [9.17, 15) is 0 Å². The van der Waals surface area contributed by atoms with Gasteiger partial charge in [0.15, 0.2) is 50.2 Å². The molecule has 0 atom stereocenters. The summed E-state index contributed by atoms with van der Waals surface area (Å²) in [6.45, 7) is 13.0. The van der Waals surface area contributed by atoms with Crippen LogP contribution in [0.1, 0.15) is 51.7 Å². The van der Waals surface area contributed by atoms with E-state index in [2.05, 4.69) is 27.7 Å². The minimum atomic E-state index is -1.07. The van der Waals surface area contributed by atoms with Crippen molar-refractivity contribution in [2.75, 3.05) is 106 Å². The number of hydrogen-bond donors (Lipinski definition) is 4. The molecule has 6 aliphatic rings. The number of fused-ring (bicyclic) bond motifs is 2. The summed E-state index contributed by atoms with van der Waals surface area (Å²) in [7, 11) is 0. The lowest BCUT2D eigenvalue weighted by molar-refractivity contribution is -0.166. The smallest absolute Gasteiger partial charge is 0.252 e. The van der Waals surface area contributed by atoms with Gasteiger partial charge >= 0.3 is 0 Å². The van der Waals surface area contributed by atoms with E-state index in [1.165, 1.54) is 0 Å². The van der Waals surface area contributed by atoms with Crippen LogP contribution in [-0.2, 0) is 48.7 Å². The topological polar surface area (TPSA) is 233 Å². The van der Waals surface area contributed by atoms with Crippen LogP contribution in [0.15, 0.2) is 24.3 Å². The monoisotopic (exact) mass is 832 g/mol. The standard InChI is InChI=1S/C41H60N4O14/c1-35(2)9-41(58-29-7-33(56-25-52-21-39(44)15-48-16-39)31(5-27(29)35)54-23-50-19-37(42)11-46-12-37)10-36(3,4)28-6-32(55-24-51-20-38(43)13-47-14-38)34(8-30(28)59-41)57-26-53-22-40(45)17-49-18-40/h5-8H,9-26,42-45H2,1-4H3. The van der Waals surface area contributed by atoms with E-state index in [0.29, 0.717) is 113 Å². The van der Waals surface area contributed by atoms with Gasteiger partial charge in [0.2, 0.25) is 0 Å². The second-order valence-electron chi connectivity index (χ2n) is 18.7. The highest BCUT2D eigenvalue weighted by atomic mass is 16.7. The highest BCUT2D eigenvalue weighted by molar-refractivity contribution is 5.57. The average Bonchev–Trinajstić information content (AvgIpc) is 3.12. The molecule has 0 aliphatic carbocycles. The van der Waals surface area contributed by atoms with Crippen LogP contribution in [0.3, 0.4) is 0 Å². The highest BCUT2D eigenvalue weighted by Gasteiger charge is 2.54. The third-order valence-electron chi connectivity index (χ3n) is 11.4. The minimum Gasteiger partial charge on any atom is -0.464 e. The number of nitrogens with two attached hydrogens (primary N) is 4. The van der Waals surface area contributed by atoms with E-state index >= 15 is 0 Å². The molecule has 6 aliphatic heterocycles. The van der Waals surface area contributed by atoms with Gasteiger partial charge in [0, 0.05) is 46.9 Å². The maximum atomic E-state index is 6.95. The largest absolute Gasteiger partial charge is 0.464 e. The van der Waals surface area contributed by atoms with Crippen molar-refractivity contribution in [2.45, 2.75) is 79.3 Å². The summed E-state index contributed by atoms with van der Waals surface area (Å²) >= 11 is 0. The van der Waals surface area contributed by atoms with Gasteiger partial charge in [-0.25, -0.2) is 0 Å². The molecule has 0 bridgehead atoms. The maximum Gasteiger partial charge on any atom is 0.252 e. The fraction of sp³-hybridized carbons (Fsp3) is 0.707. The third kappa shape index (κ3) is 9.49. The summed E-state index contributed by atoms with van der Waals surface area (Å²) < 4.78 is 82.8. The first-order chi connectivity index (χ1) is 28.0. The van der Waals surface area contributed by atoms with Gasteiger partial charge in [0.1, 0.15) is 11.5 Å². The lowest BCUT2D eigenvalue weighted by Gasteiger charge is -2.51. The van der Waals surface area contributed by atoms with Crippen LogP contribution in [0.4, 0.5) is 0 Å². The van der Waals surface area contributed by atoms with E-state index in [1.54, 1.807) is 0 Å². The molecule has 18 heteroatoms. The molecule has 0 saturated carbocycles. The molecule has 4 saturated heterocycles. The van der Waals surface area contributed by atoms with Gasteiger partial charge in [0.25, 0.3) is 5.79 Å². The Morgan fingerprint density at radius 1 is 0.441 bits per heavy atom. The Morgan fingerprint density at radius 3 is 0.966 bits per heavy atom. The predicted molar refractivity (Wildman–Crippen MR) is 209 cm³/mol. The quantitative estimate of drug-likeness (QED) is 0.109. The number of rotatable bonds is 20. The first kappa shape index (κ1) is 42.5. The summed E-state index contributed by atoms with van der Waals surface area (Å²) in [5, 5.41) is 0. The molecule has 2 aromatic carbocycles. The fourth-order valence-corrected chi connectivity index (χ4v) is 8.12. The second-order valence-corrected chi connectivity index (χ2v) is 18.7. The van der Waals surface area contributed by atoms with E-state index in [1.807, 2.05) is 24.3 Å². The molecule has 0 unspecified atom stereocenters. The maximum absolute atomic E-state index is 6.95. The summed E-state index contributed by atoms with van der Waals surface area (Å²) in [5.74, 6) is 1.84. The Balaban J connectivity index is 1.02. The zero-order chi connectivity index (χ0) is 41.6. The Kier molecular flexibility index (Phi) is 11.7. The molecule has 1 spiro atoms. The molecule has 0 radical (unpaired) electrons. The third-order valence-corrected chi connectivity index (χ3v) is 11.4. The molecule has 8 rings (SSSR count). The van der Waals surface area contributed by atoms with Crippen LogP contribution in [-0.4, -0.2) is 134 Å². The van der Waals surface area contributed by atoms with Crippen molar-refractivity contribution in [3.63, 3.8) is 0 Å². The van der Waals surface area contributed by atoms with Crippen LogP contribution in [0.5, 0.6) is 34.5 Å². The molecule has 328 valence electrons. The van der Waals surface area contributed by atoms with Gasteiger partial charge < -0.3 is 89.3 Å². The molecule has 0 aromatic heterocycles. The van der Waals surface area contributed by atoms with Gasteiger partial charge in [-0.2, -0.15) is 0 Å². The van der Waals surface area contributed by atoms with E-state index in [4.69, 9.17) is 89.3 Å². The highest BCUT2D eigenvalue weighted by Crippen LogP contribution is 2.56. The van der Waals surface area contributed by atoms with Gasteiger partial charge in [-0.1, -0.05) is 27.7 Å². The van der Waals surface area contributed by atoms with E-state index < -0.39 is 38.8 Å². The zero-order valence-electron chi connectivity index (χ0n) is 34.6. The molecule has 6 heterocycles. The Morgan fingerprint density at radius 2 is 0.712 bits per heavy atom. The number of ether oxygens (including phenoxy) is 14.